The van der Waals surface area contributed by atoms with Crippen LogP contribution in [0.15, 0.2) is 89.9 Å². The van der Waals surface area contributed by atoms with Crippen molar-refractivity contribution in [2.24, 2.45) is 4.99 Å². The maximum absolute atomic E-state index is 11.5. The molecule has 34 heavy (non-hydrogen) atoms. The minimum atomic E-state index is -1.49. The lowest BCUT2D eigenvalue weighted by atomic mass is 9.99. The summed E-state index contributed by atoms with van der Waals surface area (Å²) in [6, 6.07) is 27.5. The summed E-state index contributed by atoms with van der Waals surface area (Å²) in [5, 5.41) is 0. The Morgan fingerprint density at radius 3 is 2.00 bits per heavy atom. The van der Waals surface area contributed by atoms with Crippen molar-refractivity contribution in [2.45, 2.75) is 39.7 Å². The van der Waals surface area contributed by atoms with Crippen molar-refractivity contribution in [3.63, 3.8) is 0 Å². The van der Waals surface area contributed by atoms with Crippen molar-refractivity contribution in [2.75, 3.05) is 0 Å². The molecule has 3 aromatic rings. The predicted octanol–water partition coefficient (Wildman–Crippen LogP) is 5.36. The van der Waals surface area contributed by atoms with E-state index in [-0.39, 0.29) is 6.04 Å². The topological polar surface area (TPSA) is 74.2 Å². The number of benzene rings is 3. The van der Waals surface area contributed by atoms with E-state index in [1.807, 2.05) is 67.6 Å². The molecule has 0 aliphatic carbocycles. The van der Waals surface area contributed by atoms with Gasteiger partial charge in [-0.25, -0.2) is 0 Å². The number of aliphatic imine (C=N–C) groups is 1. The maximum Gasteiger partial charge on any atom is 0.868 e. The number of carbonyl (C=O) groups excluding carboxylic acids is 2. The molecule has 0 saturated heterocycles. The molecule has 3 rings (SSSR count). The summed E-state index contributed by atoms with van der Waals surface area (Å²) < 4.78 is 15.9. The van der Waals surface area contributed by atoms with E-state index in [0.717, 1.165) is 23.3 Å². The summed E-state index contributed by atoms with van der Waals surface area (Å²) in [6.45, 7) is 4.49. The van der Waals surface area contributed by atoms with Crippen LogP contribution in [0.5, 0.6) is 5.75 Å². The van der Waals surface area contributed by atoms with Crippen LogP contribution >= 0.6 is 0 Å². The van der Waals surface area contributed by atoms with Gasteiger partial charge in [-0.05, 0) is 43.0 Å². The van der Waals surface area contributed by atoms with E-state index < -0.39 is 19.3 Å². The Kier molecular flexibility index (Phi) is 9.03. The number of nitrogens with zero attached hydrogens (tertiary/aromatic N) is 1. The molecule has 1 atom stereocenters. The zero-order valence-corrected chi connectivity index (χ0v) is 19.6. The van der Waals surface area contributed by atoms with Crippen LogP contribution in [0.2, 0.25) is 0 Å². The standard InChI is InChI=1S/C27H28BNO5/c1-20(24-14-8-5-9-15-24)29-26(19-18-23-12-6-4-7-13-23)25-16-10-11-17-27(25)34-28(32-21(2)30)33-22(3)31/h4-17,20H,18-19H2,1-3H3/t20-/m1/s1. The molecule has 0 bridgehead atoms. The minimum Gasteiger partial charge on any atom is -0.489 e. The van der Waals surface area contributed by atoms with Crippen LogP contribution in [-0.2, 0) is 25.3 Å². The van der Waals surface area contributed by atoms with E-state index >= 15 is 0 Å². The smallest absolute Gasteiger partial charge is 0.489 e. The summed E-state index contributed by atoms with van der Waals surface area (Å²) in [7, 11) is -1.49. The zero-order chi connectivity index (χ0) is 24.3. The first-order valence-electron chi connectivity index (χ1n) is 11.2. The second kappa shape index (κ2) is 12.4. The Hall–Kier alpha value is -3.87. The van der Waals surface area contributed by atoms with Gasteiger partial charge in [0.1, 0.15) is 5.75 Å². The molecule has 0 fully saturated rings. The lowest BCUT2D eigenvalue weighted by Gasteiger charge is -2.18. The van der Waals surface area contributed by atoms with Gasteiger partial charge in [-0.1, -0.05) is 72.8 Å². The van der Waals surface area contributed by atoms with Crippen LogP contribution in [0, 0.1) is 0 Å². The monoisotopic (exact) mass is 457 g/mol. The van der Waals surface area contributed by atoms with Crippen LogP contribution < -0.4 is 4.65 Å². The Labute approximate surface area is 200 Å². The first-order valence-corrected chi connectivity index (χ1v) is 11.2. The van der Waals surface area contributed by atoms with E-state index in [9.17, 15) is 9.59 Å². The van der Waals surface area contributed by atoms with Crippen molar-refractivity contribution >= 4 is 25.0 Å². The molecular formula is C27H28BNO5. The molecule has 0 N–H and O–H groups in total. The van der Waals surface area contributed by atoms with Gasteiger partial charge in [0.15, 0.2) is 0 Å². The number of hydrogen-bond donors (Lipinski definition) is 0. The fourth-order valence-electron chi connectivity index (χ4n) is 3.47. The molecule has 0 spiro atoms. The van der Waals surface area contributed by atoms with Gasteiger partial charge in [0.05, 0.1) is 6.04 Å². The summed E-state index contributed by atoms with van der Waals surface area (Å²) in [5.74, 6) is -0.846. The zero-order valence-electron chi connectivity index (χ0n) is 19.6. The first kappa shape index (κ1) is 24.8. The number of hydrogen-bond acceptors (Lipinski definition) is 6. The van der Waals surface area contributed by atoms with Crippen molar-refractivity contribution < 1.29 is 23.6 Å². The fraction of sp³-hybridized carbons (Fsp3) is 0.222. The van der Waals surface area contributed by atoms with Crippen LogP contribution in [0.25, 0.3) is 0 Å². The minimum absolute atomic E-state index is 0.0854. The van der Waals surface area contributed by atoms with Gasteiger partial charge < -0.3 is 14.0 Å². The summed E-state index contributed by atoms with van der Waals surface area (Å²) in [4.78, 5) is 28.0. The molecule has 0 aromatic heterocycles. The van der Waals surface area contributed by atoms with Crippen LogP contribution in [0.4, 0.5) is 0 Å². The molecule has 0 aliphatic heterocycles. The molecule has 0 unspecified atom stereocenters. The third-order valence-electron chi connectivity index (χ3n) is 5.07. The Morgan fingerprint density at radius 2 is 1.38 bits per heavy atom. The Bertz CT molecular complexity index is 1100. The number of aryl methyl sites for hydroxylation is 1. The Balaban J connectivity index is 1.95. The summed E-state index contributed by atoms with van der Waals surface area (Å²) in [6.07, 6.45) is 1.44. The number of rotatable bonds is 10. The predicted molar refractivity (Wildman–Crippen MR) is 133 cm³/mol. The van der Waals surface area contributed by atoms with Gasteiger partial charge in [-0.15, -0.1) is 0 Å². The average Bonchev–Trinajstić information content (AvgIpc) is 2.82. The lowest BCUT2D eigenvalue weighted by molar-refractivity contribution is -0.139. The average molecular weight is 457 g/mol. The van der Waals surface area contributed by atoms with Gasteiger partial charge in [-0.3, -0.25) is 14.6 Å². The summed E-state index contributed by atoms with van der Waals surface area (Å²) in [5.41, 5.74) is 3.86. The fourth-order valence-corrected chi connectivity index (χ4v) is 3.47. The Morgan fingerprint density at radius 1 is 0.824 bits per heavy atom. The van der Waals surface area contributed by atoms with Crippen molar-refractivity contribution in [1.29, 1.82) is 0 Å². The molecule has 6 nitrogen and oxygen atoms in total. The normalized spacial score (nSPS) is 11.9. The molecular weight excluding hydrogens is 429 g/mol. The maximum atomic E-state index is 11.5. The highest BCUT2D eigenvalue weighted by molar-refractivity contribution is 6.42. The lowest BCUT2D eigenvalue weighted by Crippen LogP contribution is -2.34. The van der Waals surface area contributed by atoms with Gasteiger partial charge in [0, 0.05) is 25.1 Å². The third kappa shape index (κ3) is 7.62. The first-order chi connectivity index (χ1) is 16.4. The van der Waals surface area contributed by atoms with E-state index in [4.69, 9.17) is 19.0 Å². The van der Waals surface area contributed by atoms with Crippen LogP contribution in [0.1, 0.15) is 49.9 Å². The molecule has 0 radical (unpaired) electrons. The second-order valence-corrected chi connectivity index (χ2v) is 7.77. The highest BCUT2D eigenvalue weighted by Crippen LogP contribution is 2.26. The quantitative estimate of drug-likeness (QED) is 0.303. The van der Waals surface area contributed by atoms with E-state index in [1.165, 1.54) is 19.4 Å². The molecule has 0 saturated carbocycles. The van der Waals surface area contributed by atoms with Crippen LogP contribution in [0.3, 0.4) is 0 Å². The van der Waals surface area contributed by atoms with E-state index in [1.54, 1.807) is 12.1 Å². The molecule has 3 aromatic carbocycles. The van der Waals surface area contributed by atoms with Crippen molar-refractivity contribution in [3.05, 3.63) is 102 Å². The number of carbonyl (C=O) groups is 2. The highest BCUT2D eigenvalue weighted by Gasteiger charge is 2.33. The third-order valence-corrected chi connectivity index (χ3v) is 5.07. The van der Waals surface area contributed by atoms with Crippen molar-refractivity contribution in [3.8, 4) is 5.75 Å². The molecule has 7 heteroatoms. The number of para-hydroxylation sites is 1. The summed E-state index contributed by atoms with van der Waals surface area (Å²) >= 11 is 0. The van der Waals surface area contributed by atoms with E-state index in [0.29, 0.717) is 12.2 Å². The molecule has 174 valence electrons. The van der Waals surface area contributed by atoms with Gasteiger partial charge >= 0.3 is 7.32 Å². The van der Waals surface area contributed by atoms with Crippen LogP contribution in [-0.4, -0.2) is 25.0 Å². The SMILES string of the molecule is CC(=O)OB(OC(C)=O)Oc1ccccc1C(CCc1ccccc1)=N[C@H](C)c1ccccc1. The van der Waals surface area contributed by atoms with Gasteiger partial charge in [0.25, 0.3) is 11.9 Å². The molecule has 0 heterocycles. The largest absolute Gasteiger partial charge is 0.868 e. The van der Waals surface area contributed by atoms with Gasteiger partial charge in [0.2, 0.25) is 0 Å². The molecule has 0 aliphatic rings. The second-order valence-electron chi connectivity index (χ2n) is 7.77. The van der Waals surface area contributed by atoms with E-state index in [2.05, 4.69) is 12.1 Å². The molecule has 0 amide bonds. The highest BCUT2D eigenvalue weighted by atomic mass is 16.8. The van der Waals surface area contributed by atoms with Gasteiger partial charge in [-0.2, -0.15) is 0 Å². The van der Waals surface area contributed by atoms with Crippen molar-refractivity contribution in [1.82, 2.24) is 0 Å².